The van der Waals surface area contributed by atoms with E-state index in [1.54, 1.807) is 12.1 Å². The van der Waals surface area contributed by atoms with Crippen LogP contribution in [0.3, 0.4) is 0 Å². The van der Waals surface area contributed by atoms with Crippen molar-refractivity contribution in [2.24, 2.45) is 5.92 Å². The maximum absolute atomic E-state index is 11.1. The normalized spacial score (nSPS) is 27.1. The zero-order chi connectivity index (χ0) is 16.7. The van der Waals surface area contributed by atoms with Crippen LogP contribution in [0.2, 0.25) is 0 Å². The summed E-state index contributed by atoms with van der Waals surface area (Å²) in [7, 11) is 0. The minimum Gasteiger partial charge on any atom is -0.357 e. The molecule has 2 aliphatic rings. The summed E-state index contributed by atoms with van der Waals surface area (Å²) in [5.74, 6) is 0.810. The quantitative estimate of drug-likeness (QED) is 0.638. The molecule has 0 spiro atoms. The number of benzene rings is 1. The van der Waals surface area contributed by atoms with Crippen molar-refractivity contribution in [1.82, 2.24) is 10.3 Å². The highest BCUT2D eigenvalue weighted by Gasteiger charge is 2.28. The summed E-state index contributed by atoms with van der Waals surface area (Å²) in [6.45, 7) is 2.35. The molecular weight excluding hydrogens is 302 g/mol. The number of nitro groups is 1. The summed E-state index contributed by atoms with van der Waals surface area (Å²) >= 11 is 0. The lowest BCUT2D eigenvalue weighted by atomic mass is 9.85. The Morgan fingerprint density at radius 2 is 2.12 bits per heavy atom. The van der Waals surface area contributed by atoms with E-state index in [2.05, 4.69) is 17.2 Å². The summed E-state index contributed by atoms with van der Waals surface area (Å²) in [6, 6.07) is 6.14. The molecule has 2 aromatic rings. The van der Waals surface area contributed by atoms with Gasteiger partial charge in [-0.15, -0.1) is 0 Å². The fourth-order valence-corrected chi connectivity index (χ4v) is 4.60. The third-order valence-corrected chi connectivity index (χ3v) is 5.77. The van der Waals surface area contributed by atoms with Gasteiger partial charge in [0.1, 0.15) is 0 Å². The van der Waals surface area contributed by atoms with Crippen LogP contribution in [0.15, 0.2) is 18.2 Å². The predicted molar refractivity (Wildman–Crippen MR) is 95.2 cm³/mol. The van der Waals surface area contributed by atoms with Crippen LogP contribution in [0.1, 0.15) is 62.7 Å². The zero-order valence-electron chi connectivity index (χ0n) is 14.2. The molecule has 4 rings (SSSR count). The number of fused-ring (bicyclic) bond motifs is 3. The molecule has 0 amide bonds. The molecule has 2 N–H and O–H groups in total. The summed E-state index contributed by atoms with van der Waals surface area (Å²) in [5, 5.41) is 16.0. The fraction of sp³-hybridized carbons (Fsp3) is 0.579. The van der Waals surface area contributed by atoms with Gasteiger partial charge in [0.15, 0.2) is 0 Å². The van der Waals surface area contributed by atoms with E-state index in [9.17, 15) is 10.1 Å². The van der Waals surface area contributed by atoms with E-state index in [1.807, 2.05) is 6.07 Å². The standard InChI is InChI=1S/C19H25N3O2/c1-12-4-2-5-13(10-12)20-18-7-3-6-15-16-11-14(22(23)24)8-9-17(16)21-19(15)18/h8-9,11-13,18,20-21H,2-7,10H2,1H3/t12-,13-,18+/m0/s1. The van der Waals surface area contributed by atoms with Crippen molar-refractivity contribution in [3.05, 3.63) is 39.6 Å². The van der Waals surface area contributed by atoms with Crippen LogP contribution in [0.4, 0.5) is 5.69 Å². The van der Waals surface area contributed by atoms with Gasteiger partial charge in [0, 0.05) is 40.8 Å². The number of non-ortho nitro benzene ring substituents is 1. The lowest BCUT2D eigenvalue weighted by molar-refractivity contribution is -0.384. The van der Waals surface area contributed by atoms with Crippen LogP contribution in [0, 0.1) is 16.0 Å². The first kappa shape index (κ1) is 15.6. The topological polar surface area (TPSA) is 71.0 Å². The number of H-pyrrole nitrogens is 1. The number of aromatic amines is 1. The van der Waals surface area contributed by atoms with Crippen molar-refractivity contribution in [3.63, 3.8) is 0 Å². The molecule has 0 bridgehead atoms. The van der Waals surface area contributed by atoms with E-state index in [0.717, 1.165) is 36.1 Å². The molecule has 0 radical (unpaired) electrons. The zero-order valence-corrected chi connectivity index (χ0v) is 14.2. The third kappa shape index (κ3) is 2.81. The lowest BCUT2D eigenvalue weighted by Crippen LogP contribution is -2.37. The van der Waals surface area contributed by atoms with Crippen molar-refractivity contribution in [3.8, 4) is 0 Å². The van der Waals surface area contributed by atoms with Gasteiger partial charge in [0.05, 0.1) is 4.92 Å². The second kappa shape index (κ2) is 6.20. The molecule has 0 aliphatic heterocycles. The Kier molecular flexibility index (Phi) is 4.04. The minimum atomic E-state index is -0.305. The van der Waals surface area contributed by atoms with Gasteiger partial charge in [-0.2, -0.15) is 0 Å². The van der Waals surface area contributed by atoms with E-state index in [1.165, 1.54) is 36.9 Å². The van der Waals surface area contributed by atoms with Crippen LogP contribution in [-0.2, 0) is 6.42 Å². The predicted octanol–water partition coefficient (Wildman–Crippen LogP) is 4.62. The monoisotopic (exact) mass is 327 g/mol. The Morgan fingerprint density at radius 1 is 1.25 bits per heavy atom. The molecule has 0 unspecified atom stereocenters. The minimum absolute atomic E-state index is 0.181. The van der Waals surface area contributed by atoms with Gasteiger partial charge in [-0.25, -0.2) is 0 Å². The van der Waals surface area contributed by atoms with E-state index in [-0.39, 0.29) is 10.6 Å². The van der Waals surface area contributed by atoms with Gasteiger partial charge in [-0.3, -0.25) is 10.1 Å². The molecule has 5 nitrogen and oxygen atoms in total. The Bertz CT molecular complexity index is 767. The largest absolute Gasteiger partial charge is 0.357 e. The first-order valence-corrected chi connectivity index (χ1v) is 9.16. The molecule has 128 valence electrons. The number of rotatable bonds is 3. The number of aryl methyl sites for hydroxylation is 1. The Balaban J connectivity index is 1.64. The molecular formula is C19H25N3O2. The van der Waals surface area contributed by atoms with Crippen molar-refractivity contribution in [2.45, 2.75) is 64.0 Å². The fourth-order valence-electron chi connectivity index (χ4n) is 4.60. The summed E-state index contributed by atoms with van der Waals surface area (Å²) in [6.07, 6.45) is 8.49. The highest BCUT2D eigenvalue weighted by molar-refractivity contribution is 5.87. The number of aromatic nitrogens is 1. The molecule has 2 aliphatic carbocycles. The molecule has 1 fully saturated rings. The number of hydrogen-bond acceptors (Lipinski definition) is 3. The number of hydrogen-bond donors (Lipinski definition) is 2. The van der Waals surface area contributed by atoms with Crippen molar-refractivity contribution < 1.29 is 4.92 Å². The lowest BCUT2D eigenvalue weighted by Gasteiger charge is -2.33. The van der Waals surface area contributed by atoms with E-state index < -0.39 is 0 Å². The maximum atomic E-state index is 11.1. The molecule has 1 heterocycles. The molecule has 3 atom stereocenters. The van der Waals surface area contributed by atoms with Crippen LogP contribution >= 0.6 is 0 Å². The summed E-state index contributed by atoms with van der Waals surface area (Å²) in [5.41, 5.74) is 3.74. The van der Waals surface area contributed by atoms with Crippen LogP contribution in [0.25, 0.3) is 10.9 Å². The Hall–Kier alpha value is -1.88. The second-order valence-corrected chi connectivity index (χ2v) is 7.58. The van der Waals surface area contributed by atoms with Gasteiger partial charge >= 0.3 is 0 Å². The van der Waals surface area contributed by atoms with Gasteiger partial charge in [-0.05, 0) is 49.7 Å². The van der Waals surface area contributed by atoms with Crippen LogP contribution in [-0.4, -0.2) is 15.9 Å². The number of nitrogens with one attached hydrogen (secondary N) is 2. The highest BCUT2D eigenvalue weighted by Crippen LogP contribution is 2.37. The molecule has 1 aromatic heterocycles. The number of nitrogens with zero attached hydrogens (tertiary/aromatic N) is 1. The SMILES string of the molecule is C[C@H]1CCC[C@H](N[C@@H]2CCCc3c2[nH]c2ccc([N+](=O)[O-])cc32)C1. The van der Waals surface area contributed by atoms with Crippen LogP contribution in [0.5, 0.6) is 0 Å². The van der Waals surface area contributed by atoms with Gasteiger partial charge < -0.3 is 10.3 Å². The van der Waals surface area contributed by atoms with E-state index >= 15 is 0 Å². The molecule has 1 saturated carbocycles. The van der Waals surface area contributed by atoms with Gasteiger partial charge in [0.25, 0.3) is 5.69 Å². The van der Waals surface area contributed by atoms with Crippen molar-refractivity contribution in [2.75, 3.05) is 0 Å². The molecule has 0 saturated heterocycles. The first-order valence-electron chi connectivity index (χ1n) is 9.16. The van der Waals surface area contributed by atoms with Gasteiger partial charge in [-0.1, -0.05) is 19.8 Å². The molecule has 5 heteroatoms. The smallest absolute Gasteiger partial charge is 0.270 e. The first-order chi connectivity index (χ1) is 11.6. The summed E-state index contributed by atoms with van der Waals surface area (Å²) < 4.78 is 0. The molecule has 24 heavy (non-hydrogen) atoms. The number of nitro benzene ring substituents is 1. The average Bonchev–Trinajstić information content (AvgIpc) is 2.94. The maximum Gasteiger partial charge on any atom is 0.270 e. The third-order valence-electron chi connectivity index (χ3n) is 5.77. The van der Waals surface area contributed by atoms with E-state index in [4.69, 9.17) is 0 Å². The highest BCUT2D eigenvalue weighted by atomic mass is 16.6. The van der Waals surface area contributed by atoms with Crippen molar-refractivity contribution >= 4 is 16.6 Å². The van der Waals surface area contributed by atoms with Gasteiger partial charge in [0.2, 0.25) is 0 Å². The van der Waals surface area contributed by atoms with Crippen molar-refractivity contribution in [1.29, 1.82) is 0 Å². The van der Waals surface area contributed by atoms with Crippen LogP contribution < -0.4 is 5.32 Å². The second-order valence-electron chi connectivity index (χ2n) is 7.58. The Morgan fingerprint density at radius 3 is 2.92 bits per heavy atom. The average molecular weight is 327 g/mol. The van der Waals surface area contributed by atoms with E-state index in [0.29, 0.717) is 12.1 Å². The Labute approximate surface area is 142 Å². The molecule has 1 aromatic carbocycles. The summed E-state index contributed by atoms with van der Waals surface area (Å²) in [4.78, 5) is 14.3.